The molecule has 0 radical (unpaired) electrons. The quantitative estimate of drug-likeness (QED) is 0.162. The Morgan fingerprint density at radius 2 is 1.55 bits per heavy atom. The molecule has 0 fully saturated rings. The van der Waals surface area contributed by atoms with Gasteiger partial charge in [-0.1, -0.05) is 98.7 Å². The summed E-state index contributed by atoms with van der Waals surface area (Å²) >= 11 is 0. The molecule has 1 aliphatic heterocycles. The first-order valence-corrected chi connectivity index (χ1v) is 16.8. The van der Waals surface area contributed by atoms with Crippen LogP contribution in [0.2, 0.25) is 0 Å². The van der Waals surface area contributed by atoms with Crippen LogP contribution in [-0.2, 0) is 26.5 Å². The molecule has 0 spiro atoms. The van der Waals surface area contributed by atoms with Gasteiger partial charge in [-0.15, -0.1) is 29.1 Å². The molecule has 3 aromatic heterocycles. The van der Waals surface area contributed by atoms with Crippen LogP contribution >= 0.6 is 0 Å². The minimum atomic E-state index is -0.461. The Morgan fingerprint density at radius 3 is 2.35 bits per heavy atom. The maximum atomic E-state index is 6.64. The predicted molar refractivity (Wildman–Crippen MR) is 202 cm³/mol. The summed E-state index contributed by atoms with van der Waals surface area (Å²) in [5.74, 6) is 1.89. The van der Waals surface area contributed by atoms with Crippen molar-refractivity contribution in [2.75, 3.05) is 5.01 Å². The predicted octanol–water partition coefficient (Wildman–Crippen LogP) is 11.2. The zero-order chi connectivity index (χ0) is 34.1. The Bertz CT molecular complexity index is 2630. The van der Waals surface area contributed by atoms with E-state index in [2.05, 4.69) is 118 Å². The van der Waals surface area contributed by atoms with Crippen molar-refractivity contribution in [3.05, 3.63) is 143 Å². The van der Waals surface area contributed by atoms with Crippen molar-refractivity contribution in [3.63, 3.8) is 0 Å². The molecule has 0 aliphatic carbocycles. The zero-order valence-corrected chi connectivity index (χ0v) is 31.1. The number of nitrogens with zero attached hydrogens (tertiary/aromatic N) is 5. The van der Waals surface area contributed by atoms with Crippen molar-refractivity contribution >= 4 is 55.8 Å². The zero-order valence-electron chi connectivity index (χ0n) is 28.8. The Morgan fingerprint density at radius 1 is 0.784 bits per heavy atom. The van der Waals surface area contributed by atoms with E-state index in [1.165, 1.54) is 5.56 Å². The number of fused-ring (bicyclic) bond motifs is 6. The van der Waals surface area contributed by atoms with Gasteiger partial charge in [-0.2, -0.15) is 6.07 Å². The number of hydrazone groups is 1. The molecule has 8 heteroatoms. The molecule has 256 valence electrons. The van der Waals surface area contributed by atoms with Gasteiger partial charge in [0.2, 0.25) is 0 Å². The first-order valence-electron chi connectivity index (χ1n) is 16.8. The van der Waals surface area contributed by atoms with E-state index in [4.69, 9.17) is 24.6 Å². The fourth-order valence-corrected chi connectivity index (χ4v) is 7.16. The number of hydrogen-bond donors (Lipinski definition) is 0. The summed E-state index contributed by atoms with van der Waals surface area (Å²) in [6.07, 6.45) is 3.04. The Balaban J connectivity index is 0.00000374. The van der Waals surface area contributed by atoms with Gasteiger partial charge in [-0.3, -0.25) is 0 Å². The second kappa shape index (κ2) is 12.4. The van der Waals surface area contributed by atoms with Crippen LogP contribution in [0.15, 0.2) is 113 Å². The van der Waals surface area contributed by atoms with E-state index in [1.54, 1.807) is 6.34 Å². The number of rotatable bonds is 5. The molecule has 5 aromatic carbocycles. The maximum Gasteiger partial charge on any atom is 0.135 e. The van der Waals surface area contributed by atoms with Crippen LogP contribution in [-0.4, -0.2) is 15.9 Å². The molecule has 4 heterocycles. The average Bonchev–Trinajstić information content (AvgIpc) is 3.82. The number of pyridine rings is 1. The van der Waals surface area contributed by atoms with Gasteiger partial charge >= 0.3 is 0 Å². The SMILES string of the molecule is Cc1cccc(C)c1N1N=C[N-]C1c1[c-]c(Oc2[c-]c3c(cc2)c2ccccc2n3-c2cc(C(C)(C)C)ccn2)cc2oc3ccccc3c12.[Pt]. The van der Waals surface area contributed by atoms with Crippen molar-refractivity contribution in [2.45, 2.75) is 46.2 Å². The summed E-state index contributed by atoms with van der Waals surface area (Å²) < 4.78 is 15.2. The summed E-state index contributed by atoms with van der Waals surface area (Å²) in [4.78, 5) is 4.82. The third-order valence-corrected chi connectivity index (χ3v) is 9.57. The first-order chi connectivity index (χ1) is 24.2. The Labute approximate surface area is 310 Å². The van der Waals surface area contributed by atoms with E-state index >= 15 is 0 Å². The molecule has 51 heavy (non-hydrogen) atoms. The van der Waals surface area contributed by atoms with Crippen LogP contribution in [0.25, 0.3) is 54.9 Å². The number of para-hydroxylation sites is 3. The van der Waals surface area contributed by atoms with Crippen LogP contribution in [0.3, 0.4) is 0 Å². The summed E-state index contributed by atoms with van der Waals surface area (Å²) in [7, 11) is 0. The maximum absolute atomic E-state index is 6.64. The van der Waals surface area contributed by atoms with Crippen molar-refractivity contribution in [3.8, 4) is 17.3 Å². The monoisotopic (exact) mass is 847 g/mol. The second-order valence-electron chi connectivity index (χ2n) is 13.9. The fourth-order valence-electron chi connectivity index (χ4n) is 7.16. The number of hydrogen-bond acceptors (Lipinski definition) is 5. The summed E-state index contributed by atoms with van der Waals surface area (Å²) in [5.41, 5.74) is 8.67. The molecule has 1 atom stereocenters. The molecule has 8 aromatic rings. The van der Waals surface area contributed by atoms with Crippen LogP contribution < -0.4 is 9.75 Å². The normalized spacial score (nSPS) is 14.5. The average molecular weight is 848 g/mol. The first kappa shape index (κ1) is 32.8. The molecule has 0 amide bonds. The second-order valence-corrected chi connectivity index (χ2v) is 13.9. The van der Waals surface area contributed by atoms with Crippen LogP contribution in [0.5, 0.6) is 11.5 Å². The van der Waals surface area contributed by atoms with E-state index in [9.17, 15) is 0 Å². The molecular formula is C43H34N5O2Pt-3. The number of anilines is 1. The molecular weight excluding hydrogens is 814 g/mol. The van der Waals surface area contributed by atoms with Gasteiger partial charge in [0.1, 0.15) is 11.4 Å². The van der Waals surface area contributed by atoms with Gasteiger partial charge in [0.05, 0.1) is 0 Å². The van der Waals surface area contributed by atoms with E-state index in [1.807, 2.05) is 41.5 Å². The van der Waals surface area contributed by atoms with E-state index in [0.717, 1.165) is 66.4 Å². The smallest absolute Gasteiger partial charge is 0.135 e. The van der Waals surface area contributed by atoms with Crippen molar-refractivity contribution in [1.82, 2.24) is 9.55 Å². The van der Waals surface area contributed by atoms with Gasteiger partial charge < -0.3 is 29.1 Å². The fraction of sp³-hybridized carbons (Fsp3) is 0.163. The summed E-state index contributed by atoms with van der Waals surface area (Å²) in [5, 5.41) is 15.7. The van der Waals surface area contributed by atoms with Crippen molar-refractivity contribution in [1.29, 1.82) is 0 Å². The van der Waals surface area contributed by atoms with Crippen molar-refractivity contribution in [2.24, 2.45) is 5.10 Å². The molecule has 0 N–H and O–H groups in total. The Hall–Kier alpha value is -5.39. The van der Waals surface area contributed by atoms with E-state index in [0.29, 0.717) is 17.1 Å². The summed E-state index contributed by atoms with van der Waals surface area (Å²) in [6, 6.07) is 40.1. The topological polar surface area (TPSA) is 69.9 Å². The van der Waals surface area contributed by atoms with Gasteiger partial charge in [-0.05, 0) is 71.0 Å². The van der Waals surface area contributed by atoms with E-state index < -0.39 is 6.17 Å². The van der Waals surface area contributed by atoms with Crippen LogP contribution in [0, 0.1) is 26.0 Å². The minimum absolute atomic E-state index is 0. The molecule has 9 rings (SSSR count). The molecule has 7 nitrogen and oxygen atoms in total. The van der Waals surface area contributed by atoms with Crippen LogP contribution in [0.4, 0.5) is 5.69 Å². The number of ether oxygens (including phenoxy) is 1. The number of aromatic nitrogens is 2. The van der Waals surface area contributed by atoms with Crippen molar-refractivity contribution < 1.29 is 30.2 Å². The van der Waals surface area contributed by atoms with Gasteiger partial charge in [0.15, 0.2) is 0 Å². The molecule has 0 saturated carbocycles. The Kier molecular flexibility index (Phi) is 7.99. The molecule has 1 unspecified atom stereocenters. The molecule has 1 aliphatic rings. The standard InChI is InChI=1S/C43H34N5O2.Pt/c1-26-11-10-12-27(2)41(26)48-42(45-25-46-48)34-22-30(24-38-40(34)33-14-7-9-16-37(33)50-38)49-29-17-18-32-31-13-6-8-15-35(31)47(36(32)23-29)39-21-28(19-20-44-39)43(3,4)5;/h6-21,24-25,42H,1-5H3;/q-3;. The van der Waals surface area contributed by atoms with E-state index in [-0.39, 0.29) is 26.5 Å². The minimum Gasteiger partial charge on any atom is -0.509 e. The molecule has 0 bridgehead atoms. The largest absolute Gasteiger partial charge is 0.509 e. The number of aryl methyl sites for hydroxylation is 2. The summed E-state index contributed by atoms with van der Waals surface area (Å²) in [6.45, 7) is 10.8. The number of benzene rings is 5. The van der Waals surface area contributed by atoms with Gasteiger partial charge in [0.25, 0.3) is 0 Å². The van der Waals surface area contributed by atoms with Gasteiger partial charge in [0, 0.05) is 61.7 Å². The third-order valence-electron chi connectivity index (χ3n) is 9.57. The third kappa shape index (κ3) is 5.48. The number of furan rings is 1. The van der Waals surface area contributed by atoms with Gasteiger partial charge in [-0.25, -0.2) is 4.98 Å². The van der Waals surface area contributed by atoms with Crippen LogP contribution in [0.1, 0.15) is 49.2 Å². The molecule has 0 saturated heterocycles.